The SMILES string of the molecule is CC(C)c1ccc(C=C2C(=O)NC(=O)N(c3ccc(OCc4ccccc4Cl)cc3)C2=O)cc1. The van der Waals surface area contributed by atoms with Crippen LogP contribution in [-0.2, 0) is 16.2 Å². The Kier molecular flexibility index (Phi) is 6.80. The van der Waals surface area contributed by atoms with Crippen LogP contribution in [0.1, 0.15) is 36.5 Å². The Morgan fingerprint density at radius 1 is 0.941 bits per heavy atom. The lowest BCUT2D eigenvalue weighted by Gasteiger charge is -2.26. The largest absolute Gasteiger partial charge is 0.489 e. The molecule has 172 valence electrons. The van der Waals surface area contributed by atoms with Gasteiger partial charge in [-0.15, -0.1) is 0 Å². The predicted octanol–water partition coefficient (Wildman–Crippen LogP) is 5.71. The first-order chi connectivity index (χ1) is 16.3. The summed E-state index contributed by atoms with van der Waals surface area (Å²) in [5.74, 6) is -0.498. The molecule has 7 heteroatoms. The third kappa shape index (κ3) is 5.02. The Hall–Kier alpha value is -3.90. The Bertz CT molecular complexity index is 1260. The molecule has 0 aromatic heterocycles. The minimum Gasteiger partial charge on any atom is -0.489 e. The van der Waals surface area contributed by atoms with Crippen molar-refractivity contribution in [2.24, 2.45) is 0 Å². The zero-order valence-corrected chi connectivity index (χ0v) is 19.5. The molecule has 0 radical (unpaired) electrons. The van der Waals surface area contributed by atoms with Crippen LogP contribution in [0.25, 0.3) is 6.08 Å². The molecule has 1 saturated heterocycles. The van der Waals surface area contributed by atoms with E-state index in [1.807, 2.05) is 42.5 Å². The average molecular weight is 475 g/mol. The number of carbonyl (C=O) groups excluding carboxylic acids is 3. The van der Waals surface area contributed by atoms with Gasteiger partial charge in [0.25, 0.3) is 11.8 Å². The van der Waals surface area contributed by atoms with Gasteiger partial charge in [0.05, 0.1) is 5.69 Å². The molecule has 0 bridgehead atoms. The van der Waals surface area contributed by atoms with Gasteiger partial charge in [0.15, 0.2) is 0 Å². The van der Waals surface area contributed by atoms with Gasteiger partial charge in [-0.05, 0) is 53.5 Å². The number of ether oxygens (including phenoxy) is 1. The van der Waals surface area contributed by atoms with Crippen LogP contribution in [0.5, 0.6) is 5.75 Å². The lowest BCUT2D eigenvalue weighted by atomic mass is 10.0. The summed E-state index contributed by atoms with van der Waals surface area (Å²) in [5, 5.41) is 2.85. The summed E-state index contributed by atoms with van der Waals surface area (Å²) in [4.78, 5) is 38.9. The summed E-state index contributed by atoms with van der Waals surface area (Å²) in [5.41, 5.74) is 2.89. The van der Waals surface area contributed by atoms with Crippen molar-refractivity contribution >= 4 is 41.2 Å². The molecular weight excluding hydrogens is 452 g/mol. The average Bonchev–Trinajstić information content (AvgIpc) is 2.82. The number of urea groups is 1. The number of benzene rings is 3. The quantitative estimate of drug-likeness (QED) is 0.367. The Morgan fingerprint density at radius 3 is 2.26 bits per heavy atom. The highest BCUT2D eigenvalue weighted by Crippen LogP contribution is 2.26. The van der Waals surface area contributed by atoms with Crippen LogP contribution in [-0.4, -0.2) is 17.8 Å². The molecule has 0 saturated carbocycles. The number of barbiturate groups is 1. The molecule has 34 heavy (non-hydrogen) atoms. The molecule has 1 aliphatic heterocycles. The van der Waals surface area contributed by atoms with E-state index >= 15 is 0 Å². The van der Waals surface area contributed by atoms with E-state index in [1.165, 1.54) is 6.08 Å². The van der Waals surface area contributed by atoms with Crippen LogP contribution < -0.4 is 15.0 Å². The highest BCUT2D eigenvalue weighted by atomic mass is 35.5. The normalized spacial score (nSPS) is 15.1. The second-order valence-electron chi connectivity index (χ2n) is 8.15. The lowest BCUT2D eigenvalue weighted by molar-refractivity contribution is -0.122. The standard InChI is InChI=1S/C27H23ClN2O4/c1-17(2)19-9-7-18(8-10-19)15-23-25(31)29-27(33)30(26(23)32)21-11-13-22(14-12-21)34-16-20-5-3-4-6-24(20)28/h3-15,17H,16H2,1-2H3,(H,29,31,33). The van der Waals surface area contributed by atoms with Crippen molar-refractivity contribution in [3.63, 3.8) is 0 Å². The van der Waals surface area contributed by atoms with Gasteiger partial charge >= 0.3 is 6.03 Å². The smallest absolute Gasteiger partial charge is 0.335 e. The maximum Gasteiger partial charge on any atom is 0.335 e. The molecule has 4 rings (SSSR count). The summed E-state index contributed by atoms with van der Waals surface area (Å²) in [7, 11) is 0. The summed E-state index contributed by atoms with van der Waals surface area (Å²) in [6, 6.07) is 20.6. The number of halogens is 1. The highest BCUT2D eigenvalue weighted by molar-refractivity contribution is 6.39. The minimum atomic E-state index is -0.799. The number of hydrogen-bond acceptors (Lipinski definition) is 4. The fourth-order valence-corrected chi connectivity index (χ4v) is 3.69. The van der Waals surface area contributed by atoms with Crippen molar-refractivity contribution in [2.75, 3.05) is 4.90 Å². The van der Waals surface area contributed by atoms with Crippen LogP contribution in [0.15, 0.2) is 78.4 Å². The maximum absolute atomic E-state index is 13.1. The number of nitrogens with one attached hydrogen (secondary N) is 1. The molecule has 4 amide bonds. The summed E-state index contributed by atoms with van der Waals surface area (Å²) in [6.45, 7) is 4.45. The van der Waals surface area contributed by atoms with Gasteiger partial charge in [0.1, 0.15) is 17.9 Å². The molecule has 6 nitrogen and oxygen atoms in total. The molecular formula is C27H23ClN2O4. The monoisotopic (exact) mass is 474 g/mol. The van der Waals surface area contributed by atoms with Crippen molar-refractivity contribution < 1.29 is 19.1 Å². The van der Waals surface area contributed by atoms with Crippen LogP contribution in [0.4, 0.5) is 10.5 Å². The Balaban J connectivity index is 1.52. The van der Waals surface area contributed by atoms with Crippen LogP contribution in [0, 0.1) is 0 Å². The van der Waals surface area contributed by atoms with Gasteiger partial charge in [-0.2, -0.15) is 0 Å². The summed E-state index contributed by atoms with van der Waals surface area (Å²) < 4.78 is 5.76. The van der Waals surface area contributed by atoms with E-state index in [0.29, 0.717) is 27.9 Å². The first-order valence-electron chi connectivity index (χ1n) is 10.8. The van der Waals surface area contributed by atoms with Crippen molar-refractivity contribution in [3.05, 3.63) is 100 Å². The molecule has 0 spiro atoms. The molecule has 0 aliphatic carbocycles. The van der Waals surface area contributed by atoms with Crippen LogP contribution in [0.3, 0.4) is 0 Å². The van der Waals surface area contributed by atoms with Crippen molar-refractivity contribution in [1.82, 2.24) is 5.32 Å². The summed E-state index contributed by atoms with van der Waals surface area (Å²) in [6.07, 6.45) is 1.49. The van der Waals surface area contributed by atoms with Gasteiger partial charge in [-0.25, -0.2) is 9.69 Å². The van der Waals surface area contributed by atoms with Crippen molar-refractivity contribution in [1.29, 1.82) is 0 Å². The second kappa shape index (κ2) is 9.93. The van der Waals surface area contributed by atoms with E-state index in [9.17, 15) is 14.4 Å². The molecule has 3 aromatic carbocycles. The number of hydrogen-bond donors (Lipinski definition) is 1. The molecule has 1 aliphatic rings. The van der Waals surface area contributed by atoms with Gasteiger partial charge in [0.2, 0.25) is 0 Å². The Labute approximate surface area is 202 Å². The number of rotatable bonds is 6. The van der Waals surface area contributed by atoms with Crippen LogP contribution >= 0.6 is 11.6 Å². The predicted molar refractivity (Wildman–Crippen MR) is 132 cm³/mol. The molecule has 1 fully saturated rings. The van der Waals surface area contributed by atoms with Gasteiger partial charge in [-0.1, -0.05) is 67.9 Å². The van der Waals surface area contributed by atoms with Gasteiger partial charge in [-0.3, -0.25) is 14.9 Å². The number of nitrogens with zero attached hydrogens (tertiary/aromatic N) is 1. The number of anilines is 1. The molecule has 1 heterocycles. The van der Waals surface area contributed by atoms with Crippen molar-refractivity contribution in [2.45, 2.75) is 26.4 Å². The molecule has 1 N–H and O–H groups in total. The summed E-state index contributed by atoms with van der Waals surface area (Å²) >= 11 is 6.15. The minimum absolute atomic E-state index is 0.115. The molecule has 0 unspecified atom stereocenters. The first kappa shape index (κ1) is 23.3. The first-order valence-corrected chi connectivity index (χ1v) is 11.2. The molecule has 0 atom stereocenters. The van der Waals surface area contributed by atoms with E-state index in [-0.39, 0.29) is 12.2 Å². The third-order valence-electron chi connectivity index (χ3n) is 5.46. The highest BCUT2D eigenvalue weighted by Gasteiger charge is 2.36. The van der Waals surface area contributed by atoms with Gasteiger partial charge in [0, 0.05) is 10.6 Å². The third-order valence-corrected chi connectivity index (χ3v) is 5.83. The number of carbonyl (C=O) groups is 3. The number of amides is 4. The van der Waals surface area contributed by atoms with E-state index in [4.69, 9.17) is 16.3 Å². The zero-order chi connectivity index (χ0) is 24.2. The fourth-order valence-electron chi connectivity index (χ4n) is 3.50. The van der Waals surface area contributed by atoms with Crippen molar-refractivity contribution in [3.8, 4) is 5.75 Å². The van der Waals surface area contributed by atoms with Gasteiger partial charge < -0.3 is 4.74 Å². The topological polar surface area (TPSA) is 75.7 Å². The van der Waals surface area contributed by atoms with E-state index in [0.717, 1.165) is 16.0 Å². The lowest BCUT2D eigenvalue weighted by Crippen LogP contribution is -2.54. The fraction of sp³-hybridized carbons (Fsp3) is 0.148. The van der Waals surface area contributed by atoms with E-state index in [1.54, 1.807) is 30.3 Å². The Morgan fingerprint density at radius 2 is 1.62 bits per heavy atom. The zero-order valence-electron chi connectivity index (χ0n) is 18.7. The molecule has 3 aromatic rings. The maximum atomic E-state index is 13.1. The van der Waals surface area contributed by atoms with Crippen LogP contribution in [0.2, 0.25) is 5.02 Å². The number of imide groups is 2. The second-order valence-corrected chi connectivity index (χ2v) is 8.56. The van der Waals surface area contributed by atoms with E-state index in [2.05, 4.69) is 19.2 Å². The van der Waals surface area contributed by atoms with E-state index < -0.39 is 17.8 Å².